The first kappa shape index (κ1) is 23.1. The lowest BCUT2D eigenvalue weighted by molar-refractivity contribution is -0.124. The molecule has 0 aromatic carbocycles. The topological polar surface area (TPSA) is 69.9 Å². The summed E-state index contributed by atoms with van der Waals surface area (Å²) in [5.74, 6) is 0.158. The lowest BCUT2D eigenvalue weighted by Crippen LogP contribution is -2.30. The summed E-state index contributed by atoms with van der Waals surface area (Å²) in [6.07, 6.45) is 7.39. The van der Waals surface area contributed by atoms with Gasteiger partial charge in [0, 0.05) is 30.8 Å². The second kappa shape index (κ2) is 10.0. The van der Waals surface area contributed by atoms with Gasteiger partial charge in [0.15, 0.2) is 0 Å². The Kier molecular flexibility index (Phi) is 7.99. The van der Waals surface area contributed by atoms with Crippen LogP contribution in [0.5, 0.6) is 0 Å². The molecular weight excluding hydrogens is 364 g/mol. The fourth-order valence-electron chi connectivity index (χ4n) is 3.61. The summed E-state index contributed by atoms with van der Waals surface area (Å²) < 4.78 is 2.17. The van der Waals surface area contributed by atoms with Crippen LogP contribution in [0.3, 0.4) is 0 Å². The van der Waals surface area contributed by atoms with E-state index in [1.54, 1.807) is 11.6 Å². The van der Waals surface area contributed by atoms with Crippen molar-refractivity contribution < 1.29 is 10.0 Å². The molecule has 0 aliphatic heterocycles. The maximum atomic E-state index is 11.3. The van der Waals surface area contributed by atoms with E-state index >= 15 is 0 Å². The van der Waals surface area contributed by atoms with Crippen molar-refractivity contribution in [1.29, 1.82) is 0 Å². The first-order valence-electron chi connectivity index (χ1n) is 10.6. The molecule has 0 saturated carbocycles. The van der Waals surface area contributed by atoms with Crippen LogP contribution in [-0.4, -0.2) is 38.5 Å². The van der Waals surface area contributed by atoms with E-state index in [9.17, 15) is 4.79 Å². The third kappa shape index (κ3) is 5.90. The van der Waals surface area contributed by atoms with E-state index in [1.165, 1.54) is 24.6 Å². The van der Waals surface area contributed by atoms with Crippen LogP contribution in [-0.2, 0) is 16.8 Å². The molecule has 29 heavy (non-hydrogen) atoms. The first-order valence-corrected chi connectivity index (χ1v) is 10.6. The molecule has 0 radical (unpaired) electrons. The molecule has 160 valence electrons. The van der Waals surface area contributed by atoms with Gasteiger partial charge in [-0.1, -0.05) is 54.4 Å². The van der Waals surface area contributed by atoms with Gasteiger partial charge in [-0.05, 0) is 36.2 Å². The maximum Gasteiger partial charge on any atom is 0.267 e. The van der Waals surface area contributed by atoms with Gasteiger partial charge in [0.05, 0.1) is 11.4 Å². The van der Waals surface area contributed by atoms with Crippen LogP contribution in [0.4, 0.5) is 0 Å². The Morgan fingerprint density at radius 1 is 1.31 bits per heavy atom. The summed E-state index contributed by atoms with van der Waals surface area (Å²) in [6.45, 7) is 16.3. The number of rotatable bonds is 9. The number of fused-ring (bicyclic) bond motifs is 1. The Morgan fingerprint density at radius 2 is 2.00 bits per heavy atom. The van der Waals surface area contributed by atoms with E-state index in [2.05, 4.69) is 50.8 Å². The highest BCUT2D eigenvalue weighted by molar-refractivity contribution is 5.90. The molecule has 0 fully saturated rings. The smallest absolute Gasteiger partial charge is 0.267 e. The van der Waals surface area contributed by atoms with Gasteiger partial charge < -0.3 is 4.40 Å². The molecule has 0 spiro atoms. The molecule has 2 aromatic heterocycles. The average molecular weight is 401 g/mol. The van der Waals surface area contributed by atoms with Gasteiger partial charge in [-0.15, -0.1) is 0 Å². The normalized spacial score (nSPS) is 12.6. The third-order valence-corrected chi connectivity index (χ3v) is 5.49. The second-order valence-electron chi connectivity index (χ2n) is 8.67. The monoisotopic (exact) mass is 400 g/mol. The molecule has 1 amide bonds. The number of hydrogen-bond acceptors (Lipinski definition) is 4. The summed E-state index contributed by atoms with van der Waals surface area (Å²) in [5, 5.41) is 8.65. The average Bonchev–Trinajstić information content (AvgIpc) is 3.07. The number of carbonyl (C=O) groups is 1. The Labute approximate surface area is 174 Å². The molecule has 0 atom stereocenters. The summed E-state index contributed by atoms with van der Waals surface area (Å²) in [5.41, 5.74) is 5.61. The zero-order chi connectivity index (χ0) is 21.6. The lowest BCUT2D eigenvalue weighted by Gasteiger charge is -2.27. The molecule has 2 N–H and O–H groups in total. The van der Waals surface area contributed by atoms with Gasteiger partial charge in [0.1, 0.15) is 5.65 Å². The Morgan fingerprint density at radius 3 is 2.55 bits per heavy atom. The minimum absolute atomic E-state index is 0.0670. The predicted octanol–water partition coefficient (Wildman–Crippen LogP) is 4.41. The largest absolute Gasteiger partial charge is 0.302 e. The predicted molar refractivity (Wildman–Crippen MR) is 118 cm³/mol. The zero-order valence-electron chi connectivity index (χ0n) is 18.7. The van der Waals surface area contributed by atoms with Crippen LogP contribution in [0.25, 0.3) is 11.7 Å². The van der Waals surface area contributed by atoms with Crippen LogP contribution in [0, 0.1) is 5.92 Å². The Hall–Kier alpha value is -2.18. The first-order chi connectivity index (χ1) is 13.7. The Balaban J connectivity index is 2.43. The zero-order valence-corrected chi connectivity index (χ0v) is 18.7. The minimum atomic E-state index is -0.552. The summed E-state index contributed by atoms with van der Waals surface area (Å²) >= 11 is 0. The second-order valence-corrected chi connectivity index (χ2v) is 8.67. The number of carbonyl (C=O) groups excluding carboxylic acids is 1. The molecule has 0 saturated heterocycles. The molecule has 0 aliphatic carbocycles. The minimum Gasteiger partial charge on any atom is -0.302 e. The van der Waals surface area contributed by atoms with Crippen LogP contribution in [0.2, 0.25) is 0 Å². The van der Waals surface area contributed by atoms with Gasteiger partial charge in [-0.3, -0.25) is 14.9 Å². The van der Waals surface area contributed by atoms with Crippen molar-refractivity contribution in [3.63, 3.8) is 0 Å². The van der Waals surface area contributed by atoms with E-state index in [0.29, 0.717) is 5.92 Å². The highest BCUT2D eigenvalue weighted by atomic mass is 16.5. The molecule has 6 nitrogen and oxygen atoms in total. The lowest BCUT2D eigenvalue weighted by atomic mass is 9.90. The fourth-order valence-corrected chi connectivity index (χ4v) is 3.61. The van der Waals surface area contributed by atoms with Crippen molar-refractivity contribution in [2.24, 2.45) is 5.92 Å². The van der Waals surface area contributed by atoms with Gasteiger partial charge in [0.25, 0.3) is 5.91 Å². The summed E-state index contributed by atoms with van der Waals surface area (Å²) in [7, 11) is 0. The standard InChI is InChI=1S/C23H36N4O2/c1-7-17(8-2)15-26(9-3)16-19-22(23(4,5)6)24-20-14-18(12-13-27(19)20)10-11-21(28)25-29/h10-14,17,29H,7-9,15-16H2,1-6H3,(H,25,28). The molecule has 0 aliphatic rings. The molecular formula is C23H36N4O2. The number of pyridine rings is 1. The van der Waals surface area contributed by atoms with E-state index < -0.39 is 5.91 Å². The Bertz CT molecular complexity index is 844. The van der Waals surface area contributed by atoms with Gasteiger partial charge in [-0.25, -0.2) is 10.5 Å². The molecule has 2 aromatic rings. The molecule has 0 unspecified atom stereocenters. The molecule has 0 bridgehead atoms. The third-order valence-electron chi connectivity index (χ3n) is 5.49. The van der Waals surface area contributed by atoms with Gasteiger partial charge in [-0.2, -0.15) is 0 Å². The quantitative estimate of drug-likeness (QED) is 0.372. The van der Waals surface area contributed by atoms with Crippen molar-refractivity contribution in [2.75, 3.05) is 13.1 Å². The van der Waals surface area contributed by atoms with E-state index in [-0.39, 0.29) is 5.41 Å². The number of amides is 1. The SMILES string of the molecule is CCC(CC)CN(CC)Cc1c(C(C)(C)C)nc2cc(C=CC(=O)NO)ccn12. The van der Waals surface area contributed by atoms with E-state index in [4.69, 9.17) is 10.2 Å². The van der Waals surface area contributed by atoms with Gasteiger partial charge >= 0.3 is 0 Å². The summed E-state index contributed by atoms with van der Waals surface area (Å²) in [4.78, 5) is 18.7. The maximum absolute atomic E-state index is 11.3. The number of hydroxylamine groups is 1. The fraction of sp³-hybridized carbons (Fsp3) is 0.565. The number of aromatic nitrogens is 2. The molecule has 2 heterocycles. The number of nitrogens with one attached hydrogen (secondary N) is 1. The van der Waals surface area contributed by atoms with Crippen LogP contribution in [0.1, 0.15) is 71.3 Å². The number of nitrogens with zero attached hydrogens (tertiary/aromatic N) is 3. The van der Waals surface area contributed by atoms with Crippen LogP contribution in [0.15, 0.2) is 24.4 Å². The van der Waals surface area contributed by atoms with Crippen LogP contribution >= 0.6 is 0 Å². The van der Waals surface area contributed by atoms with Crippen molar-refractivity contribution in [2.45, 2.75) is 66.3 Å². The highest BCUT2D eigenvalue weighted by Gasteiger charge is 2.25. The van der Waals surface area contributed by atoms with Crippen LogP contribution < -0.4 is 5.48 Å². The summed E-state index contributed by atoms with van der Waals surface area (Å²) in [6, 6.07) is 3.93. The number of imidazole rings is 1. The van der Waals surface area contributed by atoms with E-state index in [0.717, 1.165) is 36.5 Å². The van der Waals surface area contributed by atoms with Gasteiger partial charge in [0.2, 0.25) is 0 Å². The molecule has 6 heteroatoms. The highest BCUT2D eigenvalue weighted by Crippen LogP contribution is 2.28. The van der Waals surface area contributed by atoms with Crippen molar-refractivity contribution in [3.05, 3.63) is 41.4 Å². The molecule has 2 rings (SSSR count). The van der Waals surface area contributed by atoms with Crippen molar-refractivity contribution in [1.82, 2.24) is 19.8 Å². The van der Waals surface area contributed by atoms with E-state index in [1.807, 2.05) is 18.3 Å². The van der Waals surface area contributed by atoms with Crippen molar-refractivity contribution >= 4 is 17.6 Å². The van der Waals surface area contributed by atoms with Crippen molar-refractivity contribution in [3.8, 4) is 0 Å². The number of hydrogen-bond donors (Lipinski definition) is 2.